The van der Waals surface area contributed by atoms with E-state index in [4.69, 9.17) is 102 Å². The predicted octanol–water partition coefficient (Wildman–Crippen LogP) is 7.72. The fraction of sp³-hybridized carbons (Fsp3) is 0.833. The van der Waals surface area contributed by atoms with Gasteiger partial charge in [0.15, 0.2) is 5.79 Å². The average molecular weight is 1320 g/mol. The number of phosphoric ester groups is 4. The number of phosphoric acid groups is 4. The summed E-state index contributed by atoms with van der Waals surface area (Å²) in [5.74, 6) is -9.56. The first-order valence-electron chi connectivity index (χ1n) is 27.4. The van der Waals surface area contributed by atoms with Gasteiger partial charge in [0.2, 0.25) is 54.3 Å². The smallest absolute Gasteiger partial charge is 0.438 e. The highest BCUT2D eigenvalue weighted by Gasteiger charge is 2.77. The SMILES string of the molecule is CCC(=O)OCOP(=O)(OCOC(=O)CC)O[C@@H]1[C@@H](OP(=O)(OCOC(=O)CC)OCOC(=O)CC)[C@H](OP(=O)(OCOC(=O)CC)OCOC(=O)CC)C2OC3(CC4CCC3(C)C4(C)C)OC2[C@H]1OP(=O)(OCOC(=O)CC)OCOC(=O)CC. The van der Waals surface area contributed by atoms with Gasteiger partial charge in [-0.1, -0.05) is 76.2 Å². The normalized spacial score (nSPS) is 25.0. The second-order valence-corrected chi connectivity index (χ2v) is 25.9. The third-order valence-corrected chi connectivity index (χ3v) is 19.5. The van der Waals surface area contributed by atoms with Gasteiger partial charge in [-0.3, -0.25) is 56.5 Å². The standard InChI is InChI=1S/C48H78O34P4/c1-12-32(49)61-23-69-83(57,70-24-62-33(50)13-2)79-42-40-41(78-48(77-40)22-31-20-21-47(48,11)46(31,9)10)43(80-84(58,71-25-63-34(51)14-3)72-26-64-35(52)15-4)45(82-86(60,75-29-67-38(55)18-7)76-30-68-39(56)19-8)44(42)81-85(59,73-27-65-36(53)16-5)74-28-66-37(54)17-6/h31,40-45H,12-30H2,1-11H3/t31?,40?,41?,42-,43-,44+,45+,47?,48?/m1/s1. The molecule has 3 saturated carbocycles. The van der Waals surface area contributed by atoms with Crippen LogP contribution in [0, 0.1) is 16.7 Å². The number of hydrogen-bond donors (Lipinski definition) is 0. The Hall–Kier alpha value is -3.88. The molecule has 34 nitrogen and oxygen atoms in total. The third kappa shape index (κ3) is 20.3. The van der Waals surface area contributed by atoms with Crippen molar-refractivity contribution in [3.8, 4) is 0 Å². The lowest BCUT2D eigenvalue weighted by Gasteiger charge is -2.47. The summed E-state index contributed by atoms with van der Waals surface area (Å²) in [4.78, 5) is 99.6. The first kappa shape index (κ1) is 74.6. The molecule has 1 aliphatic heterocycles. The molecule has 0 radical (unpaired) electrons. The minimum Gasteiger partial charge on any atom is -0.438 e. The molecular weight excluding hydrogens is 1240 g/mol. The van der Waals surface area contributed by atoms with Crippen LogP contribution in [0.2, 0.25) is 0 Å². The number of ether oxygens (including phenoxy) is 10. The highest BCUT2D eigenvalue weighted by atomic mass is 31.2. The van der Waals surface area contributed by atoms with E-state index in [0.29, 0.717) is 12.8 Å². The molecule has 3 aliphatic carbocycles. The van der Waals surface area contributed by atoms with Crippen LogP contribution in [0.1, 0.15) is 147 Å². The van der Waals surface area contributed by atoms with Crippen molar-refractivity contribution in [2.75, 3.05) is 54.3 Å². The first-order chi connectivity index (χ1) is 40.5. The van der Waals surface area contributed by atoms with E-state index < -0.39 is 187 Å². The predicted molar refractivity (Wildman–Crippen MR) is 280 cm³/mol. The quantitative estimate of drug-likeness (QED) is 0.0245. The molecule has 2 bridgehead atoms. The monoisotopic (exact) mass is 1320 g/mol. The molecule has 0 amide bonds. The largest absolute Gasteiger partial charge is 0.481 e. The lowest BCUT2D eigenvalue weighted by molar-refractivity contribution is -0.256. The minimum absolute atomic E-state index is 0.0296. The molecule has 0 aromatic rings. The molecule has 1 spiro atoms. The van der Waals surface area contributed by atoms with Crippen LogP contribution in [0.15, 0.2) is 0 Å². The average Bonchev–Trinajstić information content (AvgIpc) is 1.51. The van der Waals surface area contributed by atoms with Crippen LogP contribution >= 0.6 is 31.3 Å². The van der Waals surface area contributed by atoms with Crippen molar-refractivity contribution in [1.82, 2.24) is 0 Å². The van der Waals surface area contributed by atoms with E-state index in [-0.39, 0.29) is 63.7 Å². The Kier molecular flexibility index (Phi) is 29.3. The summed E-state index contributed by atoms with van der Waals surface area (Å²) in [6, 6.07) is 0. The lowest BCUT2D eigenvalue weighted by atomic mass is 9.68. The van der Waals surface area contributed by atoms with Gasteiger partial charge in [0.1, 0.15) is 36.6 Å². The van der Waals surface area contributed by atoms with Gasteiger partial charge >= 0.3 is 79.0 Å². The number of rotatable bonds is 40. The number of fused-ring (bicyclic) bond motifs is 4. The molecule has 86 heavy (non-hydrogen) atoms. The Morgan fingerprint density at radius 2 is 0.570 bits per heavy atom. The zero-order valence-corrected chi connectivity index (χ0v) is 53.2. The Morgan fingerprint density at radius 1 is 0.360 bits per heavy atom. The highest BCUT2D eigenvalue weighted by molar-refractivity contribution is 7.49. The van der Waals surface area contributed by atoms with Crippen LogP contribution in [-0.4, -0.2) is 145 Å². The summed E-state index contributed by atoms with van der Waals surface area (Å²) in [5, 5.41) is 0. The molecule has 494 valence electrons. The summed E-state index contributed by atoms with van der Waals surface area (Å²) in [5.41, 5.74) is -1.74. The van der Waals surface area contributed by atoms with E-state index in [2.05, 4.69) is 0 Å². The number of carbonyl (C=O) groups excluding carboxylic acids is 8. The van der Waals surface area contributed by atoms with Crippen molar-refractivity contribution in [3.63, 3.8) is 0 Å². The van der Waals surface area contributed by atoms with Gasteiger partial charge in [-0.2, -0.15) is 0 Å². The molecule has 0 N–H and O–H groups in total. The van der Waals surface area contributed by atoms with Gasteiger partial charge in [-0.05, 0) is 24.2 Å². The van der Waals surface area contributed by atoms with E-state index >= 15 is 18.3 Å². The maximum Gasteiger partial charge on any atom is 0.481 e. The van der Waals surface area contributed by atoms with Gasteiger partial charge in [0.05, 0.1) is 0 Å². The summed E-state index contributed by atoms with van der Waals surface area (Å²) in [7, 11) is -22.8. The topological polar surface area (TPSA) is 408 Å². The second-order valence-electron chi connectivity index (χ2n) is 19.4. The molecule has 4 rings (SSSR count). The van der Waals surface area contributed by atoms with Crippen molar-refractivity contribution in [2.24, 2.45) is 16.7 Å². The van der Waals surface area contributed by atoms with E-state index in [1.807, 2.05) is 20.8 Å². The maximum atomic E-state index is 15.4. The molecule has 0 aromatic carbocycles. The van der Waals surface area contributed by atoms with E-state index in [1.165, 1.54) is 55.4 Å². The Morgan fingerprint density at radius 3 is 0.744 bits per heavy atom. The Balaban J connectivity index is 2.20. The Bertz CT molecular complexity index is 2280. The number of hydrogen-bond acceptors (Lipinski definition) is 34. The summed E-state index contributed by atoms with van der Waals surface area (Å²) in [6.07, 6.45) is -15.5. The molecular formula is C48H78O34P4. The van der Waals surface area contributed by atoms with Crippen molar-refractivity contribution in [1.29, 1.82) is 0 Å². The van der Waals surface area contributed by atoms with Crippen LogP contribution < -0.4 is 0 Å². The van der Waals surface area contributed by atoms with Crippen LogP contribution in [0.25, 0.3) is 0 Å². The van der Waals surface area contributed by atoms with Gasteiger partial charge in [-0.15, -0.1) is 0 Å². The second kappa shape index (κ2) is 33.8. The highest BCUT2D eigenvalue weighted by Crippen LogP contribution is 2.74. The fourth-order valence-corrected chi connectivity index (χ4v) is 13.3. The maximum absolute atomic E-state index is 15.4. The molecule has 4 aliphatic rings. The molecule has 4 fully saturated rings. The molecule has 8 atom stereocenters. The minimum atomic E-state index is -5.77. The molecule has 1 heterocycles. The van der Waals surface area contributed by atoms with Crippen LogP contribution in [-0.2, 0) is 158 Å². The van der Waals surface area contributed by atoms with E-state index in [1.54, 1.807) is 0 Å². The van der Waals surface area contributed by atoms with Gasteiger partial charge < -0.3 is 47.4 Å². The number of esters is 8. The van der Waals surface area contributed by atoms with Crippen molar-refractivity contribution < 1.29 is 158 Å². The van der Waals surface area contributed by atoms with Crippen molar-refractivity contribution in [3.05, 3.63) is 0 Å². The zero-order chi connectivity index (χ0) is 64.2. The van der Waals surface area contributed by atoms with Gasteiger partial charge in [0.25, 0.3) is 0 Å². The first-order valence-corrected chi connectivity index (χ1v) is 33.3. The molecule has 0 aromatic heterocycles. The van der Waals surface area contributed by atoms with Crippen LogP contribution in [0.5, 0.6) is 0 Å². The van der Waals surface area contributed by atoms with Crippen molar-refractivity contribution >= 4 is 79.0 Å². The van der Waals surface area contributed by atoms with E-state index in [9.17, 15) is 38.4 Å². The van der Waals surface area contributed by atoms with E-state index in [0.717, 1.165) is 0 Å². The molecule has 4 unspecified atom stereocenters. The zero-order valence-electron chi connectivity index (χ0n) is 49.6. The third-order valence-electron chi connectivity index (χ3n) is 14.1. The fourth-order valence-electron chi connectivity index (χ4n) is 8.94. The summed E-state index contributed by atoms with van der Waals surface area (Å²) >= 11 is 0. The molecule has 38 heteroatoms. The lowest BCUT2D eigenvalue weighted by Crippen LogP contribution is -2.64. The van der Waals surface area contributed by atoms with Gasteiger partial charge in [-0.25, -0.2) is 54.5 Å². The van der Waals surface area contributed by atoms with Crippen molar-refractivity contribution in [2.45, 2.75) is 189 Å². The number of carbonyl (C=O) groups is 8. The van der Waals surface area contributed by atoms with Crippen LogP contribution in [0.3, 0.4) is 0 Å². The summed E-state index contributed by atoms with van der Waals surface area (Å²) in [6.45, 7) is 6.67. The molecule has 1 saturated heterocycles. The summed E-state index contributed by atoms with van der Waals surface area (Å²) < 4.78 is 184. The van der Waals surface area contributed by atoms with Gasteiger partial charge in [0, 0.05) is 63.2 Å². The van der Waals surface area contributed by atoms with Crippen LogP contribution in [0.4, 0.5) is 0 Å². The Labute approximate surface area is 496 Å².